The van der Waals surface area contributed by atoms with E-state index in [9.17, 15) is 4.39 Å². The first-order valence-corrected chi connectivity index (χ1v) is 5.86. The van der Waals surface area contributed by atoms with Gasteiger partial charge in [-0.1, -0.05) is 6.07 Å². The van der Waals surface area contributed by atoms with Gasteiger partial charge in [-0.3, -0.25) is 0 Å². The van der Waals surface area contributed by atoms with Crippen molar-refractivity contribution in [2.45, 2.75) is 13.8 Å². The summed E-state index contributed by atoms with van der Waals surface area (Å²) in [5, 5.41) is 0. The molecule has 0 amide bonds. The first kappa shape index (κ1) is 11.0. The van der Waals surface area contributed by atoms with Gasteiger partial charge in [-0.05, 0) is 49.7 Å². The van der Waals surface area contributed by atoms with Crippen LogP contribution in [-0.4, -0.2) is 9.38 Å². The molecule has 90 valence electrons. The number of hydrogen-bond acceptors (Lipinski definition) is 1. The molecule has 0 N–H and O–H groups in total. The largest absolute Gasteiger partial charge is 0.304 e. The topological polar surface area (TPSA) is 17.3 Å². The van der Waals surface area contributed by atoms with Crippen LogP contribution in [0, 0.1) is 19.7 Å². The van der Waals surface area contributed by atoms with Crippen molar-refractivity contribution in [3.63, 3.8) is 0 Å². The van der Waals surface area contributed by atoms with Gasteiger partial charge in [0.1, 0.15) is 11.5 Å². The van der Waals surface area contributed by atoms with E-state index in [1.54, 1.807) is 13.0 Å². The van der Waals surface area contributed by atoms with Crippen LogP contribution in [0.15, 0.2) is 42.6 Å². The second kappa shape index (κ2) is 3.95. The van der Waals surface area contributed by atoms with Gasteiger partial charge in [-0.15, -0.1) is 0 Å². The van der Waals surface area contributed by atoms with Gasteiger partial charge in [-0.25, -0.2) is 9.37 Å². The molecule has 0 saturated carbocycles. The summed E-state index contributed by atoms with van der Waals surface area (Å²) in [7, 11) is 0. The Hall–Kier alpha value is -2.16. The van der Waals surface area contributed by atoms with Gasteiger partial charge in [0.25, 0.3) is 0 Å². The average molecular weight is 240 g/mol. The van der Waals surface area contributed by atoms with E-state index >= 15 is 0 Å². The zero-order valence-electron chi connectivity index (χ0n) is 10.3. The summed E-state index contributed by atoms with van der Waals surface area (Å²) < 4.78 is 15.3. The molecule has 2 aromatic heterocycles. The molecule has 0 radical (unpaired) electrons. The molecule has 0 aliphatic heterocycles. The van der Waals surface area contributed by atoms with Crippen molar-refractivity contribution in [2.24, 2.45) is 0 Å². The molecular formula is C15H13FN2. The summed E-state index contributed by atoms with van der Waals surface area (Å²) in [5.74, 6) is -0.182. The van der Waals surface area contributed by atoms with Gasteiger partial charge in [-0.2, -0.15) is 0 Å². The predicted octanol–water partition coefficient (Wildman–Crippen LogP) is 3.76. The van der Waals surface area contributed by atoms with Crippen molar-refractivity contribution in [1.29, 1.82) is 0 Å². The minimum absolute atomic E-state index is 0.182. The molecular weight excluding hydrogens is 227 g/mol. The number of halogens is 1. The Morgan fingerprint density at radius 2 is 1.94 bits per heavy atom. The summed E-state index contributed by atoms with van der Waals surface area (Å²) in [6, 6.07) is 11.1. The third kappa shape index (κ3) is 1.68. The van der Waals surface area contributed by atoms with Gasteiger partial charge in [0.2, 0.25) is 0 Å². The first-order chi connectivity index (χ1) is 8.65. The highest BCUT2D eigenvalue weighted by Crippen LogP contribution is 2.22. The summed E-state index contributed by atoms with van der Waals surface area (Å²) in [4.78, 5) is 4.56. The van der Waals surface area contributed by atoms with Crippen molar-refractivity contribution in [1.82, 2.24) is 9.38 Å². The van der Waals surface area contributed by atoms with E-state index < -0.39 is 0 Å². The molecule has 0 saturated heterocycles. The van der Waals surface area contributed by atoms with Crippen LogP contribution in [0.5, 0.6) is 0 Å². The quantitative estimate of drug-likeness (QED) is 0.633. The van der Waals surface area contributed by atoms with Gasteiger partial charge in [0.05, 0.1) is 5.69 Å². The third-order valence-electron chi connectivity index (χ3n) is 3.15. The van der Waals surface area contributed by atoms with E-state index in [4.69, 9.17) is 0 Å². The third-order valence-corrected chi connectivity index (χ3v) is 3.15. The smallest absolute Gasteiger partial charge is 0.137 e. The Balaban J connectivity index is 2.19. The maximum absolute atomic E-state index is 13.3. The molecule has 0 bridgehead atoms. The Morgan fingerprint density at radius 3 is 2.67 bits per heavy atom. The van der Waals surface area contributed by atoms with Crippen LogP contribution in [0.4, 0.5) is 4.39 Å². The number of benzene rings is 1. The first-order valence-electron chi connectivity index (χ1n) is 5.86. The SMILES string of the molecule is Cc1cc(-c2cn3c(C)cccc3n2)ccc1F. The van der Waals surface area contributed by atoms with Gasteiger partial charge in [0.15, 0.2) is 0 Å². The number of pyridine rings is 1. The average Bonchev–Trinajstić information content (AvgIpc) is 2.78. The highest BCUT2D eigenvalue weighted by Gasteiger charge is 2.07. The molecule has 3 heteroatoms. The van der Waals surface area contributed by atoms with Crippen molar-refractivity contribution in [3.8, 4) is 11.3 Å². The normalized spacial score (nSPS) is 11.1. The van der Waals surface area contributed by atoms with E-state index in [1.165, 1.54) is 6.07 Å². The predicted molar refractivity (Wildman–Crippen MR) is 70.1 cm³/mol. The van der Waals surface area contributed by atoms with Crippen molar-refractivity contribution >= 4 is 5.65 Å². The molecule has 18 heavy (non-hydrogen) atoms. The van der Waals surface area contributed by atoms with Crippen LogP contribution in [0.1, 0.15) is 11.3 Å². The minimum Gasteiger partial charge on any atom is -0.304 e. The molecule has 3 rings (SSSR count). The summed E-state index contributed by atoms with van der Waals surface area (Å²) in [6.45, 7) is 3.80. The fourth-order valence-corrected chi connectivity index (χ4v) is 2.09. The molecule has 2 nitrogen and oxygen atoms in total. The molecule has 0 fully saturated rings. The van der Waals surface area contributed by atoms with E-state index in [2.05, 4.69) is 4.98 Å². The molecule has 1 aromatic carbocycles. The zero-order valence-corrected chi connectivity index (χ0v) is 10.3. The lowest BCUT2D eigenvalue weighted by Crippen LogP contribution is -1.86. The second-order valence-electron chi connectivity index (χ2n) is 4.49. The van der Waals surface area contributed by atoms with Crippen LogP contribution >= 0.6 is 0 Å². The van der Waals surface area contributed by atoms with Gasteiger partial charge in [0, 0.05) is 17.5 Å². The highest BCUT2D eigenvalue weighted by atomic mass is 19.1. The Morgan fingerprint density at radius 1 is 1.11 bits per heavy atom. The van der Waals surface area contributed by atoms with Crippen LogP contribution < -0.4 is 0 Å². The lowest BCUT2D eigenvalue weighted by Gasteiger charge is -1.99. The summed E-state index contributed by atoms with van der Waals surface area (Å²) >= 11 is 0. The van der Waals surface area contributed by atoms with Gasteiger partial charge < -0.3 is 4.40 Å². The van der Waals surface area contributed by atoms with Crippen molar-refractivity contribution in [2.75, 3.05) is 0 Å². The minimum atomic E-state index is -0.182. The van der Waals surface area contributed by atoms with E-state index in [-0.39, 0.29) is 5.82 Å². The number of hydrogen-bond donors (Lipinski definition) is 0. The molecule has 0 aliphatic carbocycles. The standard InChI is InChI=1S/C15H13FN2/c1-10-8-12(6-7-13(10)16)14-9-18-11(2)4-3-5-15(18)17-14/h3-9H,1-2H3. The fraction of sp³-hybridized carbons (Fsp3) is 0.133. The number of fused-ring (bicyclic) bond motifs is 1. The Kier molecular flexibility index (Phi) is 2.40. The molecule has 0 spiro atoms. The summed E-state index contributed by atoms with van der Waals surface area (Å²) in [5.41, 5.74) is 4.49. The molecule has 0 unspecified atom stereocenters. The van der Waals surface area contributed by atoms with Crippen LogP contribution in [-0.2, 0) is 0 Å². The number of rotatable bonds is 1. The van der Waals surface area contributed by atoms with E-state index in [1.807, 2.05) is 41.8 Å². The maximum atomic E-state index is 13.3. The molecule has 0 aliphatic rings. The number of nitrogens with zero attached hydrogens (tertiary/aromatic N) is 2. The molecule has 3 aromatic rings. The number of aryl methyl sites for hydroxylation is 2. The second-order valence-corrected chi connectivity index (χ2v) is 4.49. The lowest BCUT2D eigenvalue weighted by molar-refractivity contribution is 0.619. The number of imidazole rings is 1. The Bertz CT molecular complexity index is 728. The van der Waals surface area contributed by atoms with E-state index in [0.717, 1.165) is 22.6 Å². The van der Waals surface area contributed by atoms with Crippen LogP contribution in [0.25, 0.3) is 16.9 Å². The highest BCUT2D eigenvalue weighted by molar-refractivity contribution is 5.63. The van der Waals surface area contributed by atoms with Crippen LogP contribution in [0.2, 0.25) is 0 Å². The van der Waals surface area contributed by atoms with Crippen LogP contribution in [0.3, 0.4) is 0 Å². The maximum Gasteiger partial charge on any atom is 0.137 e. The number of aromatic nitrogens is 2. The zero-order chi connectivity index (χ0) is 12.7. The monoisotopic (exact) mass is 240 g/mol. The summed E-state index contributed by atoms with van der Waals surface area (Å²) in [6.07, 6.45) is 1.98. The van der Waals surface area contributed by atoms with Crippen molar-refractivity contribution < 1.29 is 4.39 Å². The molecule has 2 heterocycles. The fourth-order valence-electron chi connectivity index (χ4n) is 2.09. The lowest BCUT2D eigenvalue weighted by atomic mass is 10.1. The molecule has 0 atom stereocenters. The van der Waals surface area contributed by atoms with Crippen molar-refractivity contribution in [3.05, 3.63) is 59.7 Å². The van der Waals surface area contributed by atoms with Gasteiger partial charge >= 0.3 is 0 Å². The van der Waals surface area contributed by atoms with E-state index in [0.29, 0.717) is 5.56 Å². The Labute approximate surface area is 105 Å².